The van der Waals surface area contributed by atoms with Crippen LogP contribution < -0.4 is 5.32 Å². The molecule has 2 N–H and O–H groups in total. The van der Waals surface area contributed by atoms with E-state index in [4.69, 9.17) is 0 Å². The first-order valence-electron chi connectivity index (χ1n) is 6.21. The summed E-state index contributed by atoms with van der Waals surface area (Å²) in [6.45, 7) is 0. The number of carbonyl (C=O) groups excluding carboxylic acids is 1. The van der Waals surface area contributed by atoms with Gasteiger partial charge in [-0.05, 0) is 36.0 Å². The molecule has 1 aromatic carbocycles. The Bertz CT molecular complexity index is 560. The highest BCUT2D eigenvalue weighted by Crippen LogP contribution is 2.23. The number of H-pyrrole nitrogens is 1. The van der Waals surface area contributed by atoms with Crippen LogP contribution in [0.15, 0.2) is 30.6 Å². The Morgan fingerprint density at radius 3 is 3.06 bits per heavy atom. The molecule has 3 rings (SSSR count). The number of anilines is 1. The quantitative estimate of drug-likeness (QED) is 0.864. The van der Waals surface area contributed by atoms with Gasteiger partial charge in [0.25, 0.3) is 0 Å². The lowest BCUT2D eigenvalue weighted by Gasteiger charge is -2.05. The van der Waals surface area contributed by atoms with Crippen molar-refractivity contribution in [3.8, 4) is 0 Å². The molecule has 0 radical (unpaired) electrons. The fourth-order valence-corrected chi connectivity index (χ4v) is 2.43. The summed E-state index contributed by atoms with van der Waals surface area (Å²) in [5.41, 5.74) is 3.91. The van der Waals surface area contributed by atoms with E-state index in [9.17, 15) is 4.79 Å². The fourth-order valence-electron chi connectivity index (χ4n) is 2.43. The minimum absolute atomic E-state index is 0.0390. The molecular weight excluding hydrogens is 226 g/mol. The van der Waals surface area contributed by atoms with Crippen LogP contribution in [-0.4, -0.2) is 15.9 Å². The lowest BCUT2D eigenvalue weighted by molar-refractivity contribution is -0.115. The number of amides is 1. The summed E-state index contributed by atoms with van der Waals surface area (Å²) < 4.78 is 0. The van der Waals surface area contributed by atoms with E-state index in [1.54, 1.807) is 12.4 Å². The molecule has 0 unspecified atom stereocenters. The summed E-state index contributed by atoms with van der Waals surface area (Å²) in [7, 11) is 0. The standard InChI is InChI=1S/C14H15N3O/c18-13(17-14-15-6-7-16-14)9-10-4-5-11-2-1-3-12(11)8-10/h4-8H,1-3,9H2,(H2,15,16,17,18). The van der Waals surface area contributed by atoms with Crippen LogP contribution in [0.2, 0.25) is 0 Å². The summed E-state index contributed by atoms with van der Waals surface area (Å²) in [5, 5.41) is 2.73. The maximum Gasteiger partial charge on any atom is 0.231 e. The number of aromatic nitrogens is 2. The SMILES string of the molecule is O=C(Cc1ccc2c(c1)CCC2)Nc1ncc[nH]1. The van der Waals surface area contributed by atoms with Gasteiger partial charge in [-0.2, -0.15) is 0 Å². The molecule has 0 aliphatic heterocycles. The molecule has 0 fully saturated rings. The molecule has 4 heteroatoms. The van der Waals surface area contributed by atoms with Gasteiger partial charge in [0.15, 0.2) is 0 Å². The number of carbonyl (C=O) groups is 1. The van der Waals surface area contributed by atoms with Crippen LogP contribution in [0.1, 0.15) is 23.1 Å². The van der Waals surface area contributed by atoms with Crippen molar-refractivity contribution in [1.82, 2.24) is 9.97 Å². The van der Waals surface area contributed by atoms with Crippen molar-refractivity contribution in [2.75, 3.05) is 5.32 Å². The van der Waals surface area contributed by atoms with Crippen LogP contribution >= 0.6 is 0 Å². The van der Waals surface area contributed by atoms with E-state index < -0.39 is 0 Å². The molecule has 2 aromatic rings. The Kier molecular flexibility index (Phi) is 2.84. The number of aromatic amines is 1. The van der Waals surface area contributed by atoms with Crippen molar-refractivity contribution >= 4 is 11.9 Å². The highest BCUT2D eigenvalue weighted by molar-refractivity contribution is 5.90. The monoisotopic (exact) mass is 241 g/mol. The lowest BCUT2D eigenvalue weighted by Crippen LogP contribution is -2.15. The second-order valence-electron chi connectivity index (χ2n) is 4.62. The van der Waals surface area contributed by atoms with E-state index in [0.717, 1.165) is 12.0 Å². The molecule has 18 heavy (non-hydrogen) atoms. The summed E-state index contributed by atoms with van der Waals surface area (Å²) >= 11 is 0. The van der Waals surface area contributed by atoms with E-state index in [2.05, 4.69) is 27.4 Å². The smallest absolute Gasteiger partial charge is 0.231 e. The van der Waals surface area contributed by atoms with Gasteiger partial charge in [0.05, 0.1) is 6.42 Å². The first-order valence-corrected chi connectivity index (χ1v) is 6.21. The molecule has 0 bridgehead atoms. The molecule has 1 aliphatic carbocycles. The van der Waals surface area contributed by atoms with Crippen LogP contribution in [0.4, 0.5) is 5.95 Å². The highest BCUT2D eigenvalue weighted by atomic mass is 16.1. The zero-order valence-electron chi connectivity index (χ0n) is 10.1. The van der Waals surface area contributed by atoms with Crippen LogP contribution in [0, 0.1) is 0 Å². The first-order chi connectivity index (χ1) is 8.81. The number of hydrogen-bond donors (Lipinski definition) is 2. The van der Waals surface area contributed by atoms with Crippen LogP contribution in [0.25, 0.3) is 0 Å². The molecule has 1 aromatic heterocycles. The van der Waals surface area contributed by atoms with E-state index in [-0.39, 0.29) is 5.91 Å². The summed E-state index contributed by atoms with van der Waals surface area (Å²) in [6.07, 6.45) is 7.25. The van der Waals surface area contributed by atoms with Gasteiger partial charge >= 0.3 is 0 Å². The zero-order valence-corrected chi connectivity index (χ0v) is 10.1. The van der Waals surface area contributed by atoms with Crippen LogP contribution in [0.3, 0.4) is 0 Å². The van der Waals surface area contributed by atoms with Gasteiger partial charge in [0, 0.05) is 12.4 Å². The third-order valence-corrected chi connectivity index (χ3v) is 3.28. The van der Waals surface area contributed by atoms with Crippen LogP contribution in [-0.2, 0) is 24.1 Å². The number of nitrogens with one attached hydrogen (secondary N) is 2. The second-order valence-corrected chi connectivity index (χ2v) is 4.62. The summed E-state index contributed by atoms with van der Waals surface area (Å²) in [4.78, 5) is 18.6. The Morgan fingerprint density at radius 2 is 2.22 bits per heavy atom. The number of rotatable bonds is 3. The van der Waals surface area contributed by atoms with E-state index >= 15 is 0 Å². The Hall–Kier alpha value is -2.10. The average molecular weight is 241 g/mol. The molecule has 1 amide bonds. The first kappa shape index (κ1) is 11.0. The summed E-state index contributed by atoms with van der Waals surface area (Å²) in [5.74, 6) is 0.462. The van der Waals surface area contributed by atoms with E-state index in [0.29, 0.717) is 12.4 Å². The average Bonchev–Trinajstić information content (AvgIpc) is 2.98. The van der Waals surface area contributed by atoms with Gasteiger partial charge in [0.2, 0.25) is 11.9 Å². The number of benzene rings is 1. The second kappa shape index (κ2) is 4.64. The van der Waals surface area contributed by atoms with Crippen molar-refractivity contribution in [1.29, 1.82) is 0 Å². The topological polar surface area (TPSA) is 57.8 Å². The van der Waals surface area contributed by atoms with E-state index in [1.807, 2.05) is 6.07 Å². The molecule has 1 heterocycles. The minimum Gasteiger partial charge on any atom is -0.331 e. The molecule has 4 nitrogen and oxygen atoms in total. The van der Waals surface area contributed by atoms with Crippen molar-refractivity contribution in [2.45, 2.75) is 25.7 Å². The Balaban J connectivity index is 1.67. The van der Waals surface area contributed by atoms with Crippen molar-refractivity contribution in [3.63, 3.8) is 0 Å². The largest absolute Gasteiger partial charge is 0.331 e. The molecular formula is C14H15N3O. The molecule has 0 spiro atoms. The molecule has 92 valence electrons. The fraction of sp³-hybridized carbons (Fsp3) is 0.286. The number of nitrogens with zero attached hydrogens (tertiary/aromatic N) is 1. The predicted octanol–water partition coefficient (Wildman–Crippen LogP) is 2.08. The van der Waals surface area contributed by atoms with Gasteiger partial charge < -0.3 is 4.98 Å². The number of imidazole rings is 1. The molecule has 1 aliphatic rings. The molecule has 0 saturated heterocycles. The molecule has 0 atom stereocenters. The third kappa shape index (κ3) is 2.27. The maximum absolute atomic E-state index is 11.8. The van der Waals surface area contributed by atoms with Gasteiger partial charge in [-0.1, -0.05) is 18.2 Å². The van der Waals surface area contributed by atoms with Crippen molar-refractivity contribution in [2.24, 2.45) is 0 Å². The van der Waals surface area contributed by atoms with Crippen LogP contribution in [0.5, 0.6) is 0 Å². The van der Waals surface area contributed by atoms with Gasteiger partial charge in [-0.25, -0.2) is 4.98 Å². The normalized spacial score (nSPS) is 13.3. The Morgan fingerprint density at radius 1 is 1.33 bits per heavy atom. The lowest BCUT2D eigenvalue weighted by atomic mass is 10.0. The number of fused-ring (bicyclic) bond motifs is 1. The highest BCUT2D eigenvalue weighted by Gasteiger charge is 2.12. The van der Waals surface area contributed by atoms with E-state index in [1.165, 1.54) is 24.0 Å². The minimum atomic E-state index is -0.0390. The predicted molar refractivity (Wildman–Crippen MR) is 69.4 cm³/mol. The zero-order chi connectivity index (χ0) is 12.4. The van der Waals surface area contributed by atoms with Crippen molar-refractivity contribution < 1.29 is 4.79 Å². The maximum atomic E-state index is 11.8. The van der Waals surface area contributed by atoms with Gasteiger partial charge in [-0.3, -0.25) is 10.1 Å². The van der Waals surface area contributed by atoms with Gasteiger partial charge in [0.1, 0.15) is 0 Å². The van der Waals surface area contributed by atoms with Gasteiger partial charge in [-0.15, -0.1) is 0 Å². The number of hydrogen-bond acceptors (Lipinski definition) is 2. The Labute approximate surface area is 105 Å². The third-order valence-electron chi connectivity index (χ3n) is 3.28. The number of aryl methyl sites for hydroxylation is 2. The summed E-state index contributed by atoms with van der Waals surface area (Å²) in [6, 6.07) is 6.35. The van der Waals surface area contributed by atoms with Crippen molar-refractivity contribution in [3.05, 3.63) is 47.3 Å². The molecule has 0 saturated carbocycles.